The number of piperidine rings is 1. The van der Waals surface area contributed by atoms with Crippen LogP contribution in [0.5, 0.6) is 5.75 Å². The fourth-order valence-electron chi connectivity index (χ4n) is 4.23. The highest BCUT2D eigenvalue weighted by Gasteiger charge is 2.28. The quantitative estimate of drug-likeness (QED) is 0.646. The first-order valence-corrected chi connectivity index (χ1v) is 12.0. The fourth-order valence-corrected chi connectivity index (χ4v) is 5.45. The summed E-state index contributed by atoms with van der Waals surface area (Å²) >= 11 is 0. The van der Waals surface area contributed by atoms with Gasteiger partial charge >= 0.3 is 6.61 Å². The molecule has 1 aliphatic heterocycles. The third-order valence-electron chi connectivity index (χ3n) is 5.81. The molecule has 168 valence electrons. The van der Waals surface area contributed by atoms with Crippen molar-refractivity contribution < 1.29 is 26.4 Å². The van der Waals surface area contributed by atoms with Crippen molar-refractivity contribution in [1.82, 2.24) is 9.62 Å². The molecule has 1 aliphatic carbocycles. The van der Waals surface area contributed by atoms with E-state index < -0.39 is 16.6 Å². The first kappa shape index (κ1) is 22.0. The molecule has 1 N–H and O–H groups in total. The smallest absolute Gasteiger partial charge is 0.387 e. The fraction of sp³-hybridized carbons (Fsp3) is 0.455. The van der Waals surface area contributed by atoms with E-state index in [1.54, 1.807) is 18.4 Å². The number of likely N-dealkylation sites (tertiary alicyclic amines) is 1. The summed E-state index contributed by atoms with van der Waals surface area (Å²) in [5.41, 5.74) is 1.49. The summed E-state index contributed by atoms with van der Waals surface area (Å²) in [6.45, 7) is -0.848. The van der Waals surface area contributed by atoms with E-state index in [2.05, 4.69) is 14.4 Å². The van der Waals surface area contributed by atoms with E-state index in [9.17, 15) is 17.2 Å². The molecule has 2 aliphatic rings. The molecule has 1 aromatic carbocycles. The van der Waals surface area contributed by atoms with Crippen molar-refractivity contribution in [3.05, 3.63) is 58.4 Å². The normalized spacial score (nSPS) is 18.5. The minimum Gasteiger partial charge on any atom is -0.468 e. The third-order valence-corrected chi connectivity index (χ3v) is 7.37. The van der Waals surface area contributed by atoms with Gasteiger partial charge in [-0.05, 0) is 80.2 Å². The number of aryl methyl sites for hydroxylation is 1. The van der Waals surface area contributed by atoms with Gasteiger partial charge in [-0.2, -0.15) is 8.78 Å². The molecule has 0 spiro atoms. The lowest BCUT2D eigenvalue weighted by Crippen LogP contribution is -2.40. The highest BCUT2D eigenvalue weighted by molar-refractivity contribution is 7.93. The molecule has 1 saturated heterocycles. The largest absolute Gasteiger partial charge is 0.468 e. The Morgan fingerprint density at radius 2 is 1.94 bits per heavy atom. The Balaban J connectivity index is 1.48. The van der Waals surface area contributed by atoms with E-state index in [-0.39, 0.29) is 18.3 Å². The standard InChI is InChI=1S/C22H26F2N2O4S/c23-22(24)30-18-8-6-17-14-19(9-7-16(17)13-18)31(27,28)25-15-20(21-5-4-12-29-21)26-10-2-1-3-11-26/h4-6,8,12-14,20,22,25H,1-3,7,9-11,15H2. The molecular weight excluding hydrogens is 426 g/mol. The highest BCUT2D eigenvalue weighted by atomic mass is 32.2. The van der Waals surface area contributed by atoms with Gasteiger partial charge in [0.25, 0.3) is 0 Å². The van der Waals surface area contributed by atoms with Gasteiger partial charge in [0.05, 0.1) is 17.2 Å². The average molecular weight is 453 g/mol. The van der Waals surface area contributed by atoms with Crippen molar-refractivity contribution in [3.8, 4) is 5.75 Å². The number of nitrogens with one attached hydrogen (secondary N) is 1. The molecule has 2 heterocycles. The number of alkyl halides is 2. The van der Waals surface area contributed by atoms with E-state index in [0.717, 1.165) is 37.3 Å². The van der Waals surface area contributed by atoms with Crippen LogP contribution in [0.1, 0.15) is 48.6 Å². The van der Waals surface area contributed by atoms with Gasteiger partial charge in [-0.1, -0.05) is 12.5 Å². The summed E-state index contributed by atoms with van der Waals surface area (Å²) in [6, 6.07) is 8.11. The number of fused-ring (bicyclic) bond motifs is 1. The molecular formula is C22H26F2N2O4S. The van der Waals surface area contributed by atoms with E-state index in [0.29, 0.717) is 23.3 Å². The lowest BCUT2D eigenvalue weighted by atomic mass is 9.97. The van der Waals surface area contributed by atoms with Crippen LogP contribution < -0.4 is 9.46 Å². The van der Waals surface area contributed by atoms with Gasteiger partial charge in [0, 0.05) is 6.54 Å². The van der Waals surface area contributed by atoms with Crippen LogP contribution in [0.4, 0.5) is 8.78 Å². The molecule has 6 nitrogen and oxygen atoms in total. The van der Waals surface area contributed by atoms with Gasteiger partial charge in [0.2, 0.25) is 10.0 Å². The number of halogens is 2. The molecule has 9 heteroatoms. The molecule has 0 bridgehead atoms. The van der Waals surface area contributed by atoms with Crippen molar-refractivity contribution >= 4 is 16.1 Å². The monoisotopic (exact) mass is 452 g/mol. The number of rotatable bonds is 8. The maximum Gasteiger partial charge on any atom is 0.387 e. The minimum atomic E-state index is -3.69. The molecule has 1 unspecified atom stereocenters. The number of hydrogen-bond acceptors (Lipinski definition) is 5. The zero-order chi connectivity index (χ0) is 21.8. The SMILES string of the molecule is O=S(=O)(NCC(c1ccco1)N1CCCCC1)C1=Cc2ccc(OC(F)F)cc2CC1. The molecule has 0 amide bonds. The predicted octanol–water partition coefficient (Wildman–Crippen LogP) is 4.31. The number of hydrogen-bond donors (Lipinski definition) is 1. The van der Waals surface area contributed by atoms with Gasteiger partial charge in [0.1, 0.15) is 11.5 Å². The summed E-state index contributed by atoms with van der Waals surface area (Å²) in [6.07, 6.45) is 7.31. The highest BCUT2D eigenvalue weighted by Crippen LogP contribution is 2.31. The van der Waals surface area contributed by atoms with Gasteiger partial charge in [0.15, 0.2) is 0 Å². The van der Waals surface area contributed by atoms with Gasteiger partial charge in [-0.3, -0.25) is 4.90 Å². The number of nitrogens with zero attached hydrogens (tertiary/aromatic N) is 1. The molecule has 0 radical (unpaired) electrons. The number of furan rings is 1. The summed E-state index contributed by atoms with van der Waals surface area (Å²) in [4.78, 5) is 2.55. The molecule has 31 heavy (non-hydrogen) atoms. The Bertz CT molecular complexity index is 1020. The molecule has 1 atom stereocenters. The molecule has 4 rings (SSSR count). The van der Waals surface area contributed by atoms with E-state index >= 15 is 0 Å². The van der Waals surface area contributed by atoms with Crippen molar-refractivity contribution in [2.75, 3.05) is 19.6 Å². The lowest BCUT2D eigenvalue weighted by Gasteiger charge is -2.33. The van der Waals surface area contributed by atoms with E-state index in [4.69, 9.17) is 4.42 Å². The van der Waals surface area contributed by atoms with Crippen LogP contribution in [-0.2, 0) is 16.4 Å². The molecule has 1 fully saturated rings. The topological polar surface area (TPSA) is 71.8 Å². The Kier molecular flexibility index (Phi) is 6.74. The maximum absolute atomic E-state index is 13.0. The second-order valence-corrected chi connectivity index (χ2v) is 9.65. The van der Waals surface area contributed by atoms with Crippen molar-refractivity contribution in [2.24, 2.45) is 0 Å². The Labute approximate surface area is 180 Å². The second kappa shape index (κ2) is 9.50. The third kappa shape index (κ3) is 5.34. The molecule has 2 aromatic rings. The number of ether oxygens (including phenoxy) is 1. The summed E-state index contributed by atoms with van der Waals surface area (Å²) < 4.78 is 63.7. The zero-order valence-corrected chi connectivity index (χ0v) is 17.9. The zero-order valence-electron chi connectivity index (χ0n) is 17.1. The summed E-state index contributed by atoms with van der Waals surface area (Å²) in [7, 11) is -3.69. The first-order valence-electron chi connectivity index (χ1n) is 10.5. The Hall–Kier alpha value is -2.23. The Morgan fingerprint density at radius 1 is 1.13 bits per heavy atom. The maximum atomic E-state index is 13.0. The Morgan fingerprint density at radius 3 is 2.65 bits per heavy atom. The average Bonchev–Trinajstić information content (AvgIpc) is 3.28. The van der Waals surface area contributed by atoms with Crippen molar-refractivity contribution in [3.63, 3.8) is 0 Å². The van der Waals surface area contributed by atoms with Crippen LogP contribution in [0.25, 0.3) is 6.08 Å². The van der Waals surface area contributed by atoms with Crippen LogP contribution in [-0.4, -0.2) is 39.6 Å². The minimum absolute atomic E-state index is 0.0782. The van der Waals surface area contributed by atoms with Crippen molar-refractivity contribution in [1.29, 1.82) is 0 Å². The van der Waals surface area contributed by atoms with Gasteiger partial charge < -0.3 is 9.15 Å². The molecule has 1 aromatic heterocycles. The summed E-state index contributed by atoms with van der Waals surface area (Å²) in [5.74, 6) is 0.827. The van der Waals surface area contributed by atoms with Gasteiger partial charge in [-0.25, -0.2) is 13.1 Å². The first-order chi connectivity index (χ1) is 14.9. The van der Waals surface area contributed by atoms with Crippen LogP contribution >= 0.6 is 0 Å². The van der Waals surface area contributed by atoms with Crippen molar-refractivity contribution in [2.45, 2.75) is 44.8 Å². The molecule has 0 saturated carbocycles. The predicted molar refractivity (Wildman–Crippen MR) is 113 cm³/mol. The van der Waals surface area contributed by atoms with E-state index in [1.165, 1.54) is 18.6 Å². The van der Waals surface area contributed by atoms with Crippen LogP contribution in [0.2, 0.25) is 0 Å². The van der Waals surface area contributed by atoms with Crippen LogP contribution in [0.15, 0.2) is 45.9 Å². The number of allylic oxidation sites excluding steroid dienone is 1. The van der Waals surface area contributed by atoms with E-state index in [1.807, 2.05) is 12.1 Å². The second-order valence-electron chi connectivity index (χ2n) is 7.83. The number of sulfonamides is 1. The van der Waals surface area contributed by atoms with Crippen LogP contribution in [0.3, 0.4) is 0 Å². The summed E-state index contributed by atoms with van der Waals surface area (Å²) in [5, 5.41) is 0. The number of benzene rings is 1. The van der Waals surface area contributed by atoms with Gasteiger partial charge in [-0.15, -0.1) is 0 Å². The van der Waals surface area contributed by atoms with Crippen LogP contribution in [0, 0.1) is 0 Å². The lowest BCUT2D eigenvalue weighted by molar-refractivity contribution is -0.0498.